The smallest absolute Gasteiger partial charge is 0.192 e. The summed E-state index contributed by atoms with van der Waals surface area (Å²) < 4.78 is 19.4. The summed E-state index contributed by atoms with van der Waals surface area (Å²) in [5.41, 5.74) is 3.53. The summed E-state index contributed by atoms with van der Waals surface area (Å²) in [4.78, 5) is 4.32. The van der Waals surface area contributed by atoms with Crippen molar-refractivity contribution in [2.45, 2.75) is 19.9 Å². The summed E-state index contributed by atoms with van der Waals surface area (Å²) in [6, 6.07) is 10.5. The van der Waals surface area contributed by atoms with Crippen LogP contribution in [0.5, 0.6) is 0 Å². The molecule has 3 nitrogen and oxygen atoms in total. The zero-order chi connectivity index (χ0) is 15.0. The van der Waals surface area contributed by atoms with Crippen molar-refractivity contribution in [2.24, 2.45) is 0 Å². The minimum absolute atomic E-state index is 0.0328. The molecule has 108 valence electrons. The molecule has 0 radical (unpaired) electrons. The van der Waals surface area contributed by atoms with Crippen LogP contribution in [0.4, 0.5) is 10.1 Å². The number of rotatable bonds is 3. The van der Waals surface area contributed by atoms with Gasteiger partial charge in [0, 0.05) is 23.1 Å². The second-order valence-corrected chi connectivity index (χ2v) is 5.80. The number of benzene rings is 2. The van der Waals surface area contributed by atoms with Crippen LogP contribution in [0, 0.1) is 12.7 Å². The van der Waals surface area contributed by atoms with Crippen LogP contribution in [0.1, 0.15) is 24.4 Å². The van der Waals surface area contributed by atoms with Gasteiger partial charge in [0.2, 0.25) is 0 Å². The molecule has 5 heteroatoms. The molecule has 0 amide bonds. The van der Waals surface area contributed by atoms with Gasteiger partial charge >= 0.3 is 0 Å². The van der Waals surface area contributed by atoms with Crippen LogP contribution in [0.25, 0.3) is 11.1 Å². The molecule has 0 saturated carbocycles. The quantitative estimate of drug-likeness (QED) is 0.705. The number of aryl methyl sites for hydroxylation is 1. The molecule has 0 aliphatic carbocycles. The SMILES string of the molecule is Cc1nc2cc(NC(C)c3ccc(F)cc3Br)ccc2o1. The first-order valence-corrected chi connectivity index (χ1v) is 7.41. The van der Waals surface area contributed by atoms with Crippen LogP contribution in [0.2, 0.25) is 0 Å². The van der Waals surface area contributed by atoms with Crippen molar-refractivity contribution in [3.8, 4) is 0 Å². The van der Waals surface area contributed by atoms with Crippen LogP contribution < -0.4 is 5.32 Å². The Morgan fingerprint density at radius 3 is 2.81 bits per heavy atom. The van der Waals surface area contributed by atoms with Crippen molar-refractivity contribution < 1.29 is 8.81 Å². The molecule has 2 aromatic carbocycles. The average molecular weight is 349 g/mol. The summed E-state index contributed by atoms with van der Waals surface area (Å²) in [7, 11) is 0. The first kappa shape index (κ1) is 14.1. The van der Waals surface area contributed by atoms with Crippen molar-refractivity contribution in [1.29, 1.82) is 0 Å². The van der Waals surface area contributed by atoms with Gasteiger partial charge in [-0.2, -0.15) is 0 Å². The number of nitrogens with one attached hydrogen (secondary N) is 1. The number of oxazole rings is 1. The molecule has 0 fully saturated rings. The number of hydrogen-bond acceptors (Lipinski definition) is 3. The lowest BCUT2D eigenvalue weighted by Crippen LogP contribution is -2.07. The molecule has 1 atom stereocenters. The summed E-state index contributed by atoms with van der Waals surface area (Å²) >= 11 is 3.40. The molecule has 0 aliphatic heterocycles. The predicted molar refractivity (Wildman–Crippen MR) is 84.9 cm³/mol. The third-order valence-corrected chi connectivity index (χ3v) is 3.99. The lowest BCUT2D eigenvalue weighted by Gasteiger charge is -2.17. The fourth-order valence-corrected chi connectivity index (χ4v) is 3.01. The minimum atomic E-state index is -0.252. The highest BCUT2D eigenvalue weighted by Gasteiger charge is 2.11. The Kier molecular flexibility index (Phi) is 3.68. The molecular formula is C16H14BrFN2O. The first-order chi connectivity index (χ1) is 10.0. The molecule has 1 aromatic heterocycles. The largest absolute Gasteiger partial charge is 0.441 e. The Morgan fingerprint density at radius 1 is 1.24 bits per heavy atom. The fraction of sp³-hybridized carbons (Fsp3) is 0.188. The summed E-state index contributed by atoms with van der Waals surface area (Å²) in [5, 5.41) is 3.39. The van der Waals surface area contributed by atoms with E-state index in [-0.39, 0.29) is 11.9 Å². The van der Waals surface area contributed by atoms with E-state index in [0.29, 0.717) is 5.89 Å². The average Bonchev–Trinajstić information content (AvgIpc) is 2.77. The van der Waals surface area contributed by atoms with Gasteiger partial charge in [-0.1, -0.05) is 22.0 Å². The normalized spacial score (nSPS) is 12.6. The van der Waals surface area contributed by atoms with Crippen LogP contribution in [-0.4, -0.2) is 4.98 Å². The van der Waals surface area contributed by atoms with Crippen LogP contribution in [-0.2, 0) is 0 Å². The highest BCUT2D eigenvalue weighted by molar-refractivity contribution is 9.10. The maximum Gasteiger partial charge on any atom is 0.192 e. The maximum absolute atomic E-state index is 13.1. The second-order valence-electron chi connectivity index (χ2n) is 4.95. The van der Waals surface area contributed by atoms with Crippen LogP contribution >= 0.6 is 15.9 Å². The Balaban J connectivity index is 1.86. The number of anilines is 1. The van der Waals surface area contributed by atoms with Gasteiger partial charge in [0.05, 0.1) is 0 Å². The van der Waals surface area contributed by atoms with Crippen LogP contribution in [0.3, 0.4) is 0 Å². The molecule has 1 N–H and O–H groups in total. The fourth-order valence-electron chi connectivity index (χ4n) is 2.31. The van der Waals surface area contributed by atoms with Gasteiger partial charge in [-0.25, -0.2) is 9.37 Å². The van der Waals surface area contributed by atoms with Crippen LogP contribution in [0.15, 0.2) is 45.3 Å². The van der Waals surface area contributed by atoms with E-state index in [0.717, 1.165) is 26.8 Å². The predicted octanol–water partition coefficient (Wildman–Crippen LogP) is 5.21. The van der Waals surface area contributed by atoms with Crippen molar-refractivity contribution in [3.05, 3.63) is 58.1 Å². The molecular weight excluding hydrogens is 335 g/mol. The minimum Gasteiger partial charge on any atom is -0.441 e. The van der Waals surface area contributed by atoms with Crippen molar-refractivity contribution in [1.82, 2.24) is 4.98 Å². The van der Waals surface area contributed by atoms with Crippen molar-refractivity contribution in [3.63, 3.8) is 0 Å². The molecule has 3 rings (SSSR count). The molecule has 1 unspecified atom stereocenters. The highest BCUT2D eigenvalue weighted by Crippen LogP contribution is 2.28. The number of aromatic nitrogens is 1. The lowest BCUT2D eigenvalue weighted by molar-refractivity contribution is 0.561. The molecule has 0 spiro atoms. The van der Waals surface area contributed by atoms with Gasteiger partial charge in [0.25, 0.3) is 0 Å². The van der Waals surface area contributed by atoms with Gasteiger partial charge in [0.15, 0.2) is 11.5 Å². The van der Waals surface area contributed by atoms with Crippen molar-refractivity contribution in [2.75, 3.05) is 5.32 Å². The second kappa shape index (κ2) is 5.48. The third-order valence-electron chi connectivity index (χ3n) is 3.31. The summed E-state index contributed by atoms with van der Waals surface area (Å²) in [6.45, 7) is 3.85. The lowest BCUT2D eigenvalue weighted by atomic mass is 10.1. The summed E-state index contributed by atoms with van der Waals surface area (Å²) in [6.07, 6.45) is 0. The van der Waals surface area contributed by atoms with E-state index in [1.807, 2.05) is 32.0 Å². The molecule has 0 aliphatic rings. The van der Waals surface area contributed by atoms with Gasteiger partial charge in [-0.05, 0) is 42.8 Å². The van der Waals surface area contributed by atoms with E-state index in [4.69, 9.17) is 4.42 Å². The van der Waals surface area contributed by atoms with E-state index < -0.39 is 0 Å². The number of fused-ring (bicyclic) bond motifs is 1. The van der Waals surface area contributed by atoms with E-state index >= 15 is 0 Å². The topological polar surface area (TPSA) is 38.1 Å². The number of hydrogen-bond donors (Lipinski definition) is 1. The number of halogens is 2. The Bertz CT molecular complexity index is 800. The summed E-state index contributed by atoms with van der Waals surface area (Å²) in [5.74, 6) is 0.397. The van der Waals surface area contributed by atoms with Crippen molar-refractivity contribution >= 4 is 32.7 Å². The monoisotopic (exact) mass is 348 g/mol. The zero-order valence-corrected chi connectivity index (χ0v) is 13.2. The highest BCUT2D eigenvalue weighted by atomic mass is 79.9. The number of nitrogens with zero attached hydrogens (tertiary/aromatic N) is 1. The molecule has 3 aromatic rings. The van der Waals surface area contributed by atoms with E-state index in [2.05, 4.69) is 26.2 Å². The molecule has 0 saturated heterocycles. The standard InChI is InChI=1S/C16H14BrFN2O/c1-9(13-5-3-11(18)7-14(13)17)19-12-4-6-16-15(8-12)20-10(2)21-16/h3-9,19H,1-2H3. The van der Waals surface area contributed by atoms with E-state index in [1.165, 1.54) is 12.1 Å². The van der Waals surface area contributed by atoms with Gasteiger partial charge in [0.1, 0.15) is 11.3 Å². The molecule has 0 bridgehead atoms. The maximum atomic E-state index is 13.1. The Labute approximate surface area is 130 Å². The first-order valence-electron chi connectivity index (χ1n) is 6.61. The van der Waals surface area contributed by atoms with Gasteiger partial charge in [-0.3, -0.25) is 0 Å². The van der Waals surface area contributed by atoms with Gasteiger partial charge in [-0.15, -0.1) is 0 Å². The Hall–Kier alpha value is -1.88. The Morgan fingerprint density at radius 2 is 2.05 bits per heavy atom. The van der Waals surface area contributed by atoms with Gasteiger partial charge < -0.3 is 9.73 Å². The third kappa shape index (κ3) is 2.93. The van der Waals surface area contributed by atoms with E-state index in [9.17, 15) is 4.39 Å². The zero-order valence-electron chi connectivity index (χ0n) is 11.7. The van der Waals surface area contributed by atoms with E-state index in [1.54, 1.807) is 6.07 Å². The molecule has 21 heavy (non-hydrogen) atoms. The molecule has 1 heterocycles.